The van der Waals surface area contributed by atoms with Gasteiger partial charge in [-0.1, -0.05) is 6.07 Å². The van der Waals surface area contributed by atoms with Crippen LogP contribution in [0.3, 0.4) is 0 Å². The number of aromatic nitrogens is 3. The van der Waals surface area contributed by atoms with Crippen molar-refractivity contribution < 1.29 is 22.7 Å². The van der Waals surface area contributed by atoms with Crippen LogP contribution in [0.5, 0.6) is 5.75 Å². The Hall–Kier alpha value is -3.30. The monoisotopic (exact) mass is 433 g/mol. The fourth-order valence-electron chi connectivity index (χ4n) is 3.92. The third kappa shape index (κ3) is 4.14. The summed E-state index contributed by atoms with van der Waals surface area (Å²) in [6.07, 6.45) is -2.40. The highest BCUT2D eigenvalue weighted by molar-refractivity contribution is 5.91. The van der Waals surface area contributed by atoms with E-state index in [1.165, 1.54) is 23.9 Å². The molecule has 10 heteroatoms. The number of rotatable bonds is 3. The van der Waals surface area contributed by atoms with Gasteiger partial charge in [0.25, 0.3) is 0 Å². The molecule has 3 heterocycles. The number of carbonyl (C=O) groups is 1. The lowest BCUT2D eigenvalue weighted by Gasteiger charge is -2.33. The highest BCUT2D eigenvalue weighted by Gasteiger charge is 2.40. The number of aryl methyl sites for hydroxylation is 1. The predicted molar refractivity (Wildman–Crippen MR) is 109 cm³/mol. The lowest BCUT2D eigenvalue weighted by atomic mass is 10.0. The van der Waals surface area contributed by atoms with Gasteiger partial charge < -0.3 is 19.5 Å². The minimum Gasteiger partial charge on any atom is -0.495 e. The standard InChI is InChI=1S/C21H22F3N5O2/c1-13-5-6-17(31-2)16(12-13)27-20(30)28-10-7-14(8-11-28)29-18-15(4-3-9-25-18)26-19(29)21(22,23)24/h3-6,9,12,14H,7-8,10-11H2,1-2H3,(H,27,30). The summed E-state index contributed by atoms with van der Waals surface area (Å²) >= 11 is 0. The number of ether oxygens (including phenoxy) is 1. The number of carbonyl (C=O) groups excluding carboxylic acids is 1. The van der Waals surface area contributed by atoms with Crippen LogP contribution in [-0.4, -0.2) is 45.7 Å². The molecular weight excluding hydrogens is 411 g/mol. The Bertz CT molecular complexity index is 1100. The molecule has 1 N–H and O–H groups in total. The van der Waals surface area contributed by atoms with Gasteiger partial charge in [0, 0.05) is 25.3 Å². The number of urea groups is 1. The Balaban J connectivity index is 1.51. The molecule has 1 aliphatic rings. The maximum absolute atomic E-state index is 13.6. The van der Waals surface area contributed by atoms with Crippen LogP contribution >= 0.6 is 0 Å². The van der Waals surface area contributed by atoms with Crippen molar-refractivity contribution in [1.29, 1.82) is 0 Å². The van der Waals surface area contributed by atoms with Crippen LogP contribution in [0.25, 0.3) is 11.2 Å². The number of alkyl halides is 3. The molecule has 0 atom stereocenters. The van der Waals surface area contributed by atoms with Gasteiger partial charge in [-0.25, -0.2) is 14.8 Å². The number of nitrogens with one attached hydrogen (secondary N) is 1. The van der Waals surface area contributed by atoms with Crippen LogP contribution < -0.4 is 10.1 Å². The van der Waals surface area contributed by atoms with Gasteiger partial charge in [0.2, 0.25) is 5.82 Å². The van der Waals surface area contributed by atoms with E-state index in [1.807, 2.05) is 19.1 Å². The Morgan fingerprint density at radius 3 is 2.65 bits per heavy atom. The van der Waals surface area contributed by atoms with Gasteiger partial charge in [-0.15, -0.1) is 0 Å². The van der Waals surface area contributed by atoms with Crippen LogP contribution in [-0.2, 0) is 6.18 Å². The number of pyridine rings is 1. The molecule has 2 amide bonds. The van der Waals surface area contributed by atoms with Gasteiger partial charge in [0.1, 0.15) is 11.3 Å². The predicted octanol–water partition coefficient (Wildman–Crippen LogP) is 4.64. The Kier molecular flexibility index (Phi) is 5.47. The van der Waals surface area contributed by atoms with E-state index in [2.05, 4.69) is 15.3 Å². The van der Waals surface area contributed by atoms with Crippen LogP contribution in [0, 0.1) is 6.92 Å². The van der Waals surface area contributed by atoms with E-state index in [1.54, 1.807) is 17.0 Å². The second-order valence-electron chi connectivity index (χ2n) is 7.50. The number of anilines is 1. The van der Waals surface area contributed by atoms with Crippen molar-refractivity contribution in [3.05, 3.63) is 47.9 Å². The second kappa shape index (κ2) is 8.09. The zero-order chi connectivity index (χ0) is 22.2. The maximum Gasteiger partial charge on any atom is 0.449 e. The zero-order valence-corrected chi connectivity index (χ0v) is 17.1. The van der Waals surface area contributed by atoms with Crippen molar-refractivity contribution in [2.24, 2.45) is 0 Å². The van der Waals surface area contributed by atoms with E-state index in [0.29, 0.717) is 37.4 Å². The van der Waals surface area contributed by atoms with E-state index >= 15 is 0 Å². The number of benzene rings is 1. The number of imidazole rings is 1. The average molecular weight is 433 g/mol. The summed E-state index contributed by atoms with van der Waals surface area (Å²) in [5.74, 6) is -0.409. The van der Waals surface area contributed by atoms with Gasteiger partial charge in [-0.3, -0.25) is 0 Å². The number of likely N-dealkylation sites (tertiary alicyclic amines) is 1. The van der Waals surface area contributed by atoms with E-state index < -0.39 is 18.0 Å². The van der Waals surface area contributed by atoms with Crippen LogP contribution in [0.1, 0.15) is 30.3 Å². The molecule has 0 radical (unpaired) electrons. The first-order valence-corrected chi connectivity index (χ1v) is 9.88. The topological polar surface area (TPSA) is 72.3 Å². The molecule has 3 aromatic rings. The second-order valence-corrected chi connectivity index (χ2v) is 7.50. The van der Waals surface area contributed by atoms with Gasteiger partial charge in [0.05, 0.1) is 12.8 Å². The molecule has 1 aromatic carbocycles. The highest BCUT2D eigenvalue weighted by Crippen LogP contribution is 2.36. The normalized spacial score (nSPS) is 15.3. The summed E-state index contributed by atoms with van der Waals surface area (Å²) in [5, 5.41) is 2.84. The Morgan fingerprint density at radius 2 is 1.97 bits per heavy atom. The number of halogens is 3. The van der Waals surface area contributed by atoms with Crippen molar-refractivity contribution in [1.82, 2.24) is 19.4 Å². The van der Waals surface area contributed by atoms with Crippen LogP contribution in [0.2, 0.25) is 0 Å². The molecule has 0 bridgehead atoms. The third-order valence-corrected chi connectivity index (χ3v) is 5.42. The van der Waals surface area contributed by atoms with E-state index in [0.717, 1.165) is 5.56 Å². The largest absolute Gasteiger partial charge is 0.495 e. The molecule has 1 fully saturated rings. The van der Waals surface area contributed by atoms with E-state index in [-0.39, 0.29) is 17.2 Å². The fourth-order valence-corrected chi connectivity index (χ4v) is 3.92. The molecule has 2 aromatic heterocycles. The summed E-state index contributed by atoms with van der Waals surface area (Å²) in [4.78, 5) is 22.2. The van der Waals surface area contributed by atoms with Crippen molar-refractivity contribution >= 4 is 22.9 Å². The summed E-state index contributed by atoms with van der Waals surface area (Å²) in [7, 11) is 1.52. The fraction of sp³-hybridized carbons (Fsp3) is 0.381. The van der Waals surface area contributed by atoms with E-state index in [9.17, 15) is 18.0 Å². The quantitative estimate of drug-likeness (QED) is 0.653. The van der Waals surface area contributed by atoms with Gasteiger partial charge in [-0.05, 0) is 49.6 Å². The number of nitrogens with zero attached hydrogens (tertiary/aromatic N) is 4. The van der Waals surface area contributed by atoms with Crippen molar-refractivity contribution in [2.75, 3.05) is 25.5 Å². The average Bonchev–Trinajstić information content (AvgIpc) is 3.14. The summed E-state index contributed by atoms with van der Waals surface area (Å²) in [6.45, 7) is 2.53. The van der Waals surface area contributed by atoms with Crippen molar-refractivity contribution in [3.8, 4) is 5.75 Å². The number of hydrogen-bond acceptors (Lipinski definition) is 4. The lowest BCUT2D eigenvalue weighted by Crippen LogP contribution is -2.42. The zero-order valence-electron chi connectivity index (χ0n) is 17.1. The number of piperidine rings is 1. The highest BCUT2D eigenvalue weighted by atomic mass is 19.4. The molecular formula is C21H22F3N5O2. The number of methoxy groups -OCH3 is 1. The maximum atomic E-state index is 13.6. The SMILES string of the molecule is COc1ccc(C)cc1NC(=O)N1CCC(n2c(C(F)(F)F)nc3cccnc32)CC1. The smallest absolute Gasteiger partial charge is 0.449 e. The molecule has 31 heavy (non-hydrogen) atoms. The molecule has 1 saturated heterocycles. The van der Waals surface area contributed by atoms with Crippen molar-refractivity contribution in [2.45, 2.75) is 32.0 Å². The molecule has 0 spiro atoms. The number of fused-ring (bicyclic) bond motifs is 1. The Morgan fingerprint density at radius 1 is 1.23 bits per heavy atom. The third-order valence-electron chi connectivity index (χ3n) is 5.42. The minimum atomic E-state index is -4.59. The first kappa shape index (κ1) is 21.0. The van der Waals surface area contributed by atoms with Crippen molar-refractivity contribution in [3.63, 3.8) is 0 Å². The first-order valence-electron chi connectivity index (χ1n) is 9.88. The number of amides is 2. The molecule has 0 unspecified atom stereocenters. The molecule has 1 aliphatic heterocycles. The summed E-state index contributed by atoms with van der Waals surface area (Å²) < 4.78 is 47.2. The molecule has 7 nitrogen and oxygen atoms in total. The summed E-state index contributed by atoms with van der Waals surface area (Å²) in [6, 6.07) is 7.77. The number of hydrogen-bond donors (Lipinski definition) is 1. The van der Waals surface area contributed by atoms with Gasteiger partial charge in [0.15, 0.2) is 5.65 Å². The minimum absolute atomic E-state index is 0.210. The molecule has 0 aliphatic carbocycles. The van der Waals surface area contributed by atoms with Gasteiger partial charge >= 0.3 is 12.2 Å². The molecule has 0 saturated carbocycles. The van der Waals surface area contributed by atoms with Crippen LogP contribution in [0.15, 0.2) is 36.5 Å². The molecule has 164 valence electrons. The summed E-state index contributed by atoms with van der Waals surface area (Å²) in [5.41, 5.74) is 1.94. The molecule has 4 rings (SSSR count). The van der Waals surface area contributed by atoms with E-state index in [4.69, 9.17) is 4.74 Å². The Labute approximate surface area is 176 Å². The van der Waals surface area contributed by atoms with Crippen LogP contribution in [0.4, 0.5) is 23.7 Å². The first-order chi connectivity index (χ1) is 14.8. The van der Waals surface area contributed by atoms with Gasteiger partial charge in [-0.2, -0.15) is 13.2 Å². The lowest BCUT2D eigenvalue weighted by molar-refractivity contribution is -0.147.